The molecule has 90 valence electrons. The van der Waals surface area contributed by atoms with E-state index in [2.05, 4.69) is 36.7 Å². The summed E-state index contributed by atoms with van der Waals surface area (Å²) in [7, 11) is 1.66. The molecule has 1 atom stereocenters. The van der Waals surface area contributed by atoms with Gasteiger partial charge in [0.15, 0.2) is 0 Å². The lowest BCUT2D eigenvalue weighted by Crippen LogP contribution is -2.15. The third kappa shape index (κ3) is 3.80. The van der Waals surface area contributed by atoms with Crippen LogP contribution in [0, 0.1) is 5.92 Å². The van der Waals surface area contributed by atoms with Gasteiger partial charge in [0, 0.05) is 0 Å². The lowest BCUT2D eigenvalue weighted by atomic mass is 10.1. The quantitative estimate of drug-likeness (QED) is 0.814. The predicted octanol–water partition coefficient (Wildman–Crippen LogP) is 4.02. The Morgan fingerprint density at radius 1 is 1.25 bits per heavy atom. The highest BCUT2D eigenvalue weighted by Crippen LogP contribution is 2.26. The Kier molecular flexibility index (Phi) is 5.29. The molecule has 2 nitrogen and oxygen atoms in total. The Balaban J connectivity index is 2.58. The zero-order chi connectivity index (χ0) is 12.1. The minimum atomic E-state index is 0.279. The van der Waals surface area contributed by atoms with Gasteiger partial charge in [-0.1, -0.05) is 19.9 Å². The lowest BCUT2D eigenvalue weighted by molar-refractivity contribution is 0.0235. The third-order valence-corrected chi connectivity index (χ3v) is 3.29. The zero-order valence-corrected chi connectivity index (χ0v) is 11.9. The molecule has 0 saturated carbocycles. The molecule has 16 heavy (non-hydrogen) atoms. The number of ether oxygens (including phenoxy) is 2. The van der Waals surface area contributed by atoms with E-state index in [1.807, 2.05) is 18.2 Å². The Labute approximate surface area is 106 Å². The second kappa shape index (κ2) is 6.26. The van der Waals surface area contributed by atoms with E-state index in [0.717, 1.165) is 15.8 Å². The summed E-state index contributed by atoms with van der Waals surface area (Å²) in [5.74, 6) is 1.39. The van der Waals surface area contributed by atoms with E-state index in [4.69, 9.17) is 9.47 Å². The first-order chi connectivity index (χ1) is 7.54. The second-order valence-electron chi connectivity index (χ2n) is 4.23. The molecule has 1 rings (SSSR count). The van der Waals surface area contributed by atoms with Crippen LogP contribution in [-0.2, 0) is 11.3 Å². The van der Waals surface area contributed by atoms with E-state index in [-0.39, 0.29) is 6.10 Å². The Hall–Kier alpha value is -0.540. The van der Waals surface area contributed by atoms with E-state index in [1.165, 1.54) is 0 Å². The molecule has 0 aliphatic carbocycles. The minimum Gasteiger partial charge on any atom is -0.496 e. The summed E-state index contributed by atoms with van der Waals surface area (Å²) in [6, 6.07) is 6.01. The molecule has 0 heterocycles. The third-order valence-electron chi connectivity index (χ3n) is 2.67. The van der Waals surface area contributed by atoms with Crippen LogP contribution in [-0.4, -0.2) is 13.2 Å². The Morgan fingerprint density at radius 3 is 2.44 bits per heavy atom. The zero-order valence-electron chi connectivity index (χ0n) is 10.3. The summed E-state index contributed by atoms with van der Waals surface area (Å²) in [6.45, 7) is 7.06. The van der Waals surface area contributed by atoms with E-state index >= 15 is 0 Å². The minimum absolute atomic E-state index is 0.279. The van der Waals surface area contributed by atoms with Crippen molar-refractivity contribution in [2.75, 3.05) is 7.11 Å². The van der Waals surface area contributed by atoms with Crippen LogP contribution in [0.2, 0.25) is 0 Å². The van der Waals surface area contributed by atoms with Crippen molar-refractivity contribution in [3.05, 3.63) is 28.2 Å². The van der Waals surface area contributed by atoms with Gasteiger partial charge >= 0.3 is 0 Å². The van der Waals surface area contributed by atoms with Gasteiger partial charge in [0.1, 0.15) is 5.75 Å². The molecule has 0 fully saturated rings. The van der Waals surface area contributed by atoms with E-state index < -0.39 is 0 Å². The number of hydrogen-bond donors (Lipinski definition) is 0. The fourth-order valence-electron chi connectivity index (χ4n) is 1.22. The van der Waals surface area contributed by atoms with Gasteiger partial charge in [-0.3, -0.25) is 0 Å². The monoisotopic (exact) mass is 286 g/mol. The van der Waals surface area contributed by atoms with Gasteiger partial charge in [-0.2, -0.15) is 0 Å². The fourth-order valence-corrected chi connectivity index (χ4v) is 1.81. The molecule has 1 aromatic rings. The number of benzene rings is 1. The number of hydrogen-bond acceptors (Lipinski definition) is 2. The molecule has 0 spiro atoms. The van der Waals surface area contributed by atoms with Crippen molar-refractivity contribution in [1.29, 1.82) is 0 Å². The van der Waals surface area contributed by atoms with E-state index in [0.29, 0.717) is 12.5 Å². The van der Waals surface area contributed by atoms with Crippen LogP contribution in [0.3, 0.4) is 0 Å². The van der Waals surface area contributed by atoms with E-state index in [1.54, 1.807) is 7.11 Å². The van der Waals surface area contributed by atoms with Crippen molar-refractivity contribution < 1.29 is 9.47 Å². The number of halogens is 1. The predicted molar refractivity (Wildman–Crippen MR) is 69.8 cm³/mol. The summed E-state index contributed by atoms with van der Waals surface area (Å²) >= 11 is 3.46. The maximum Gasteiger partial charge on any atom is 0.133 e. The fraction of sp³-hybridized carbons (Fsp3) is 0.538. The van der Waals surface area contributed by atoms with Gasteiger partial charge in [-0.15, -0.1) is 0 Å². The van der Waals surface area contributed by atoms with Gasteiger partial charge in [-0.25, -0.2) is 0 Å². The maximum atomic E-state index is 5.76. The van der Waals surface area contributed by atoms with E-state index in [9.17, 15) is 0 Å². The molecule has 1 unspecified atom stereocenters. The molecule has 0 aliphatic rings. The summed E-state index contributed by atoms with van der Waals surface area (Å²) in [4.78, 5) is 0. The normalized spacial score (nSPS) is 12.9. The van der Waals surface area contributed by atoms with Gasteiger partial charge < -0.3 is 9.47 Å². The maximum absolute atomic E-state index is 5.76. The smallest absolute Gasteiger partial charge is 0.133 e. The molecule has 0 bridgehead atoms. The molecular weight excluding hydrogens is 268 g/mol. The topological polar surface area (TPSA) is 18.5 Å². The molecule has 0 aromatic heterocycles. The summed E-state index contributed by atoms with van der Waals surface area (Å²) in [6.07, 6.45) is 0.279. The summed E-state index contributed by atoms with van der Waals surface area (Å²) in [5.41, 5.74) is 1.15. The van der Waals surface area contributed by atoms with Gasteiger partial charge in [0.2, 0.25) is 0 Å². The van der Waals surface area contributed by atoms with Crippen LogP contribution in [0.1, 0.15) is 26.3 Å². The average molecular weight is 287 g/mol. The van der Waals surface area contributed by atoms with Crippen LogP contribution >= 0.6 is 15.9 Å². The van der Waals surface area contributed by atoms with Crippen LogP contribution < -0.4 is 4.74 Å². The molecule has 0 saturated heterocycles. The van der Waals surface area contributed by atoms with Gasteiger partial charge in [-0.05, 0) is 46.5 Å². The first-order valence-electron chi connectivity index (χ1n) is 5.48. The highest BCUT2D eigenvalue weighted by Gasteiger charge is 2.08. The standard InChI is InChI=1S/C13H19BrO2/c1-9(2)10(3)16-8-11-5-6-13(15-4)12(14)7-11/h5-7,9-10H,8H2,1-4H3. The van der Waals surface area contributed by atoms with Crippen molar-refractivity contribution >= 4 is 15.9 Å². The van der Waals surface area contributed by atoms with Crippen molar-refractivity contribution in [2.24, 2.45) is 5.92 Å². The SMILES string of the molecule is COc1ccc(COC(C)C(C)C)cc1Br. The van der Waals surface area contributed by atoms with Gasteiger partial charge in [0.25, 0.3) is 0 Å². The van der Waals surface area contributed by atoms with Crippen LogP contribution in [0.5, 0.6) is 5.75 Å². The van der Waals surface area contributed by atoms with Crippen molar-refractivity contribution in [1.82, 2.24) is 0 Å². The Morgan fingerprint density at radius 2 is 1.94 bits per heavy atom. The molecule has 0 radical (unpaired) electrons. The largest absolute Gasteiger partial charge is 0.496 e. The highest BCUT2D eigenvalue weighted by molar-refractivity contribution is 9.10. The highest BCUT2D eigenvalue weighted by atomic mass is 79.9. The van der Waals surface area contributed by atoms with Crippen molar-refractivity contribution in [3.8, 4) is 5.75 Å². The molecule has 1 aromatic carbocycles. The first kappa shape index (κ1) is 13.5. The van der Waals surface area contributed by atoms with Gasteiger partial charge in [0.05, 0.1) is 24.3 Å². The number of methoxy groups -OCH3 is 1. The summed E-state index contributed by atoms with van der Waals surface area (Å²) < 4.78 is 11.9. The second-order valence-corrected chi connectivity index (χ2v) is 5.08. The molecule has 0 amide bonds. The molecule has 0 aliphatic heterocycles. The van der Waals surface area contributed by atoms with Crippen molar-refractivity contribution in [3.63, 3.8) is 0 Å². The first-order valence-corrected chi connectivity index (χ1v) is 6.28. The lowest BCUT2D eigenvalue weighted by Gasteiger charge is -2.16. The average Bonchev–Trinajstić information content (AvgIpc) is 2.25. The van der Waals surface area contributed by atoms with Crippen LogP contribution in [0.4, 0.5) is 0 Å². The molecule has 0 N–H and O–H groups in total. The van der Waals surface area contributed by atoms with Crippen LogP contribution in [0.25, 0.3) is 0 Å². The number of rotatable bonds is 5. The molecule has 3 heteroatoms. The Bertz CT molecular complexity index is 337. The van der Waals surface area contributed by atoms with Crippen molar-refractivity contribution in [2.45, 2.75) is 33.5 Å². The summed E-state index contributed by atoms with van der Waals surface area (Å²) in [5, 5.41) is 0. The van der Waals surface area contributed by atoms with Crippen LogP contribution in [0.15, 0.2) is 22.7 Å². The molecular formula is C13H19BrO2.